The molecule has 0 radical (unpaired) electrons. The predicted octanol–water partition coefficient (Wildman–Crippen LogP) is 1.71. The molecule has 0 aliphatic rings. The number of hydrogen-bond acceptors (Lipinski definition) is 4. The summed E-state index contributed by atoms with van der Waals surface area (Å²) in [5.74, 6) is -0.831. The maximum absolute atomic E-state index is 11.9. The Bertz CT molecular complexity index is 432. The van der Waals surface area contributed by atoms with Crippen molar-refractivity contribution in [2.75, 3.05) is 7.11 Å². The summed E-state index contributed by atoms with van der Waals surface area (Å²) in [5.41, 5.74) is 0.278. The number of hydrogen-bond donors (Lipinski definition) is 1. The molecule has 102 valence electrons. The van der Waals surface area contributed by atoms with E-state index in [9.17, 15) is 9.59 Å². The number of carbonyl (C=O) groups excluding carboxylic acids is 2. The van der Waals surface area contributed by atoms with E-state index < -0.39 is 12.0 Å². The van der Waals surface area contributed by atoms with Crippen LogP contribution in [0.3, 0.4) is 0 Å². The molecule has 1 aromatic rings. The van der Waals surface area contributed by atoms with Gasteiger partial charge in [-0.2, -0.15) is 0 Å². The molecule has 5 nitrogen and oxygen atoms in total. The Morgan fingerprint density at radius 2 is 2.32 bits per heavy atom. The SMILES string of the molecule is C=CCCC[C@H](NC(=O)c1ccccn1)C(=O)OC. The molecule has 0 saturated carbocycles. The van der Waals surface area contributed by atoms with Gasteiger partial charge in [-0.3, -0.25) is 9.78 Å². The van der Waals surface area contributed by atoms with Crippen molar-refractivity contribution < 1.29 is 14.3 Å². The molecule has 1 rings (SSSR count). The number of unbranched alkanes of at least 4 members (excludes halogenated alkanes) is 1. The van der Waals surface area contributed by atoms with Gasteiger partial charge in [-0.15, -0.1) is 6.58 Å². The fourth-order valence-corrected chi connectivity index (χ4v) is 1.59. The Morgan fingerprint density at radius 1 is 1.53 bits per heavy atom. The molecule has 1 heterocycles. The smallest absolute Gasteiger partial charge is 0.328 e. The molecule has 0 aliphatic heterocycles. The van der Waals surface area contributed by atoms with E-state index in [2.05, 4.69) is 21.6 Å². The van der Waals surface area contributed by atoms with E-state index in [0.717, 1.165) is 12.8 Å². The zero-order valence-electron chi connectivity index (χ0n) is 11.0. The van der Waals surface area contributed by atoms with Gasteiger partial charge in [0.05, 0.1) is 7.11 Å². The van der Waals surface area contributed by atoms with Crippen molar-refractivity contribution in [3.8, 4) is 0 Å². The molecule has 19 heavy (non-hydrogen) atoms. The van der Waals surface area contributed by atoms with E-state index in [1.54, 1.807) is 24.3 Å². The molecule has 1 aromatic heterocycles. The second kappa shape index (κ2) is 8.02. The van der Waals surface area contributed by atoms with Gasteiger partial charge in [0.15, 0.2) is 0 Å². The number of allylic oxidation sites excluding steroid dienone is 1. The topological polar surface area (TPSA) is 68.3 Å². The monoisotopic (exact) mass is 262 g/mol. The van der Waals surface area contributed by atoms with Crippen molar-refractivity contribution in [2.24, 2.45) is 0 Å². The average Bonchev–Trinajstić information content (AvgIpc) is 2.46. The first-order valence-electron chi connectivity index (χ1n) is 6.09. The van der Waals surface area contributed by atoms with Gasteiger partial charge in [-0.25, -0.2) is 4.79 Å². The van der Waals surface area contributed by atoms with Crippen molar-refractivity contribution in [2.45, 2.75) is 25.3 Å². The Morgan fingerprint density at radius 3 is 2.89 bits per heavy atom. The van der Waals surface area contributed by atoms with E-state index in [1.807, 2.05) is 0 Å². The van der Waals surface area contributed by atoms with Crippen molar-refractivity contribution >= 4 is 11.9 Å². The number of methoxy groups -OCH3 is 1. The highest BCUT2D eigenvalue weighted by Crippen LogP contribution is 2.05. The van der Waals surface area contributed by atoms with Gasteiger partial charge in [0.2, 0.25) is 0 Å². The number of nitrogens with zero attached hydrogens (tertiary/aromatic N) is 1. The Hall–Kier alpha value is -2.17. The number of amides is 1. The van der Waals surface area contributed by atoms with Crippen LogP contribution in [0.2, 0.25) is 0 Å². The Kier molecular flexibility index (Phi) is 6.29. The third-order valence-corrected chi connectivity index (χ3v) is 2.59. The molecule has 5 heteroatoms. The van der Waals surface area contributed by atoms with E-state index in [1.165, 1.54) is 13.3 Å². The highest BCUT2D eigenvalue weighted by molar-refractivity contribution is 5.95. The lowest BCUT2D eigenvalue weighted by Crippen LogP contribution is -2.41. The third-order valence-electron chi connectivity index (χ3n) is 2.59. The minimum Gasteiger partial charge on any atom is -0.467 e. The van der Waals surface area contributed by atoms with Gasteiger partial charge in [-0.1, -0.05) is 12.1 Å². The van der Waals surface area contributed by atoms with Crippen LogP contribution in [-0.4, -0.2) is 30.0 Å². The largest absolute Gasteiger partial charge is 0.467 e. The Labute approximate surface area is 112 Å². The zero-order valence-corrected chi connectivity index (χ0v) is 11.0. The summed E-state index contributed by atoms with van der Waals surface area (Å²) in [7, 11) is 1.30. The third kappa shape index (κ3) is 4.91. The van der Waals surface area contributed by atoms with Crippen LogP contribution in [0, 0.1) is 0 Å². The van der Waals surface area contributed by atoms with Crippen LogP contribution in [0.25, 0.3) is 0 Å². The number of aromatic nitrogens is 1. The molecule has 0 aromatic carbocycles. The van der Waals surface area contributed by atoms with Crippen LogP contribution < -0.4 is 5.32 Å². The molecule has 0 aliphatic carbocycles. The van der Waals surface area contributed by atoms with Crippen molar-refractivity contribution in [1.29, 1.82) is 0 Å². The average molecular weight is 262 g/mol. The highest BCUT2D eigenvalue weighted by Gasteiger charge is 2.21. The van der Waals surface area contributed by atoms with Crippen LogP contribution in [-0.2, 0) is 9.53 Å². The van der Waals surface area contributed by atoms with E-state index in [0.29, 0.717) is 6.42 Å². The molecule has 0 fully saturated rings. The van der Waals surface area contributed by atoms with E-state index in [-0.39, 0.29) is 11.6 Å². The first-order valence-corrected chi connectivity index (χ1v) is 6.09. The number of ether oxygens (including phenoxy) is 1. The molecule has 0 unspecified atom stereocenters. The normalized spacial score (nSPS) is 11.4. The summed E-state index contributed by atoms with van der Waals surface area (Å²) < 4.78 is 4.68. The standard InChI is InChI=1S/C14H18N2O3/c1-3-4-5-9-12(14(18)19-2)16-13(17)11-8-6-7-10-15-11/h3,6-8,10,12H,1,4-5,9H2,2H3,(H,16,17)/t12-/m0/s1. The maximum atomic E-state index is 11.9. The second-order valence-electron chi connectivity index (χ2n) is 3.98. The predicted molar refractivity (Wildman–Crippen MR) is 71.6 cm³/mol. The summed E-state index contributed by atoms with van der Waals surface area (Å²) in [6, 6.07) is 4.37. The summed E-state index contributed by atoms with van der Waals surface area (Å²) >= 11 is 0. The quantitative estimate of drug-likeness (QED) is 0.461. The molecule has 0 bridgehead atoms. The fraction of sp³-hybridized carbons (Fsp3) is 0.357. The van der Waals surface area contributed by atoms with E-state index >= 15 is 0 Å². The van der Waals surface area contributed by atoms with Gasteiger partial charge in [0.25, 0.3) is 5.91 Å². The van der Waals surface area contributed by atoms with Gasteiger partial charge >= 0.3 is 5.97 Å². The number of nitrogens with one attached hydrogen (secondary N) is 1. The summed E-state index contributed by atoms with van der Waals surface area (Å²) in [4.78, 5) is 27.4. The minimum atomic E-state index is -0.653. The highest BCUT2D eigenvalue weighted by atomic mass is 16.5. The zero-order chi connectivity index (χ0) is 14.1. The molecule has 1 amide bonds. The van der Waals surface area contributed by atoms with Gasteiger partial charge in [0, 0.05) is 6.20 Å². The molecule has 0 saturated heterocycles. The molecule has 0 spiro atoms. The van der Waals surface area contributed by atoms with Gasteiger partial charge in [0.1, 0.15) is 11.7 Å². The number of esters is 1. The minimum absolute atomic E-state index is 0.278. The molecule has 1 atom stereocenters. The first kappa shape index (κ1) is 14.9. The van der Waals surface area contributed by atoms with Gasteiger partial charge < -0.3 is 10.1 Å². The number of carbonyl (C=O) groups is 2. The molecule has 1 N–H and O–H groups in total. The van der Waals surface area contributed by atoms with Crippen molar-refractivity contribution in [1.82, 2.24) is 10.3 Å². The fourth-order valence-electron chi connectivity index (χ4n) is 1.59. The lowest BCUT2D eigenvalue weighted by molar-refractivity contribution is -0.143. The molecular weight excluding hydrogens is 244 g/mol. The lowest BCUT2D eigenvalue weighted by Gasteiger charge is -2.15. The van der Waals surface area contributed by atoms with E-state index in [4.69, 9.17) is 0 Å². The summed E-state index contributed by atoms with van der Waals surface area (Å²) in [6.45, 7) is 3.62. The van der Waals surface area contributed by atoms with Gasteiger partial charge in [-0.05, 0) is 31.4 Å². The number of pyridine rings is 1. The Balaban J connectivity index is 2.63. The summed E-state index contributed by atoms with van der Waals surface area (Å²) in [5, 5.41) is 2.63. The summed E-state index contributed by atoms with van der Waals surface area (Å²) in [6.07, 6.45) is 5.35. The van der Waals surface area contributed by atoms with Crippen LogP contribution in [0.4, 0.5) is 0 Å². The second-order valence-corrected chi connectivity index (χ2v) is 3.98. The van der Waals surface area contributed by atoms with Crippen LogP contribution >= 0.6 is 0 Å². The first-order chi connectivity index (χ1) is 9.19. The number of rotatable bonds is 7. The van der Waals surface area contributed by atoms with Crippen LogP contribution in [0.5, 0.6) is 0 Å². The van der Waals surface area contributed by atoms with Crippen LogP contribution in [0.1, 0.15) is 29.8 Å². The van der Waals surface area contributed by atoms with Crippen LogP contribution in [0.15, 0.2) is 37.1 Å². The van der Waals surface area contributed by atoms with Crippen molar-refractivity contribution in [3.63, 3.8) is 0 Å². The maximum Gasteiger partial charge on any atom is 0.328 e. The molecular formula is C14H18N2O3. The lowest BCUT2D eigenvalue weighted by atomic mass is 10.1. The van der Waals surface area contributed by atoms with Crippen molar-refractivity contribution in [3.05, 3.63) is 42.7 Å².